The molecular formula is C14H10N4O3S. The average Bonchev–Trinajstić information content (AvgIpc) is 2.54. The fraction of sp³-hybridized carbons (Fsp3) is 0.0714. The van der Waals surface area contributed by atoms with Gasteiger partial charge in [-0.25, -0.2) is 19.3 Å². The second-order valence-corrected chi connectivity index (χ2v) is 4.72. The van der Waals surface area contributed by atoms with E-state index < -0.39 is 11.5 Å². The fourth-order valence-corrected chi connectivity index (χ4v) is 2.35. The first-order valence-corrected chi connectivity index (χ1v) is 6.68. The number of methoxy groups -OCH3 is 1. The van der Waals surface area contributed by atoms with Crippen molar-refractivity contribution >= 4 is 29.2 Å². The minimum Gasteiger partial charge on any atom is -0.465 e. The summed E-state index contributed by atoms with van der Waals surface area (Å²) in [5, 5.41) is 0.345. The Labute approximate surface area is 129 Å². The van der Waals surface area contributed by atoms with Gasteiger partial charge in [0.1, 0.15) is 11.2 Å². The lowest BCUT2D eigenvalue weighted by Gasteiger charge is -2.10. The minimum atomic E-state index is -0.601. The van der Waals surface area contributed by atoms with Crippen molar-refractivity contribution in [1.29, 1.82) is 0 Å². The van der Waals surface area contributed by atoms with E-state index in [1.807, 2.05) is 0 Å². The van der Waals surface area contributed by atoms with Crippen LogP contribution in [0.5, 0.6) is 0 Å². The van der Waals surface area contributed by atoms with Gasteiger partial charge in [0.15, 0.2) is 10.6 Å². The van der Waals surface area contributed by atoms with Crippen LogP contribution in [0.2, 0.25) is 0 Å². The standard InChI is InChI=1S/C14H10N4O3S/c1-21-13(20)9-5-3-7-16-11(9)18-12(19)8-4-2-6-15-10(8)17-14(18)22/h2-7H,1H3,(H,15,17,22). The molecule has 0 radical (unpaired) electrons. The maximum Gasteiger partial charge on any atom is 0.341 e. The van der Waals surface area contributed by atoms with Crippen molar-refractivity contribution in [3.63, 3.8) is 0 Å². The number of pyridine rings is 2. The molecule has 3 rings (SSSR count). The predicted molar refractivity (Wildman–Crippen MR) is 81.7 cm³/mol. The van der Waals surface area contributed by atoms with E-state index >= 15 is 0 Å². The molecule has 0 bridgehead atoms. The van der Waals surface area contributed by atoms with Gasteiger partial charge in [0.25, 0.3) is 5.56 Å². The molecule has 1 N–H and O–H groups in total. The van der Waals surface area contributed by atoms with Gasteiger partial charge in [-0.3, -0.25) is 4.79 Å². The third-order valence-corrected chi connectivity index (χ3v) is 3.36. The van der Waals surface area contributed by atoms with E-state index in [9.17, 15) is 9.59 Å². The molecule has 0 saturated heterocycles. The number of aromatic amines is 1. The number of hydrogen-bond donors (Lipinski definition) is 1. The van der Waals surface area contributed by atoms with E-state index in [0.717, 1.165) is 4.57 Å². The van der Waals surface area contributed by atoms with Crippen LogP contribution in [0.25, 0.3) is 16.9 Å². The maximum absolute atomic E-state index is 12.7. The number of ether oxygens (including phenoxy) is 1. The van der Waals surface area contributed by atoms with Crippen LogP contribution in [0.15, 0.2) is 41.5 Å². The van der Waals surface area contributed by atoms with Crippen LogP contribution in [0.3, 0.4) is 0 Å². The van der Waals surface area contributed by atoms with Crippen molar-refractivity contribution in [2.45, 2.75) is 0 Å². The lowest BCUT2D eigenvalue weighted by atomic mass is 10.2. The number of carbonyl (C=O) groups excluding carboxylic acids is 1. The Balaban J connectivity index is 2.40. The highest BCUT2D eigenvalue weighted by molar-refractivity contribution is 7.71. The third kappa shape index (κ3) is 2.19. The van der Waals surface area contributed by atoms with E-state index in [1.165, 1.54) is 19.4 Å². The van der Waals surface area contributed by atoms with Crippen LogP contribution < -0.4 is 5.56 Å². The van der Waals surface area contributed by atoms with Gasteiger partial charge in [0.05, 0.1) is 12.5 Å². The lowest BCUT2D eigenvalue weighted by Crippen LogP contribution is -2.24. The summed E-state index contributed by atoms with van der Waals surface area (Å²) in [6, 6.07) is 6.36. The molecule has 0 atom stereocenters. The normalized spacial score (nSPS) is 10.6. The van der Waals surface area contributed by atoms with Crippen molar-refractivity contribution in [2.24, 2.45) is 0 Å². The molecule has 3 heterocycles. The van der Waals surface area contributed by atoms with Crippen LogP contribution in [0.1, 0.15) is 10.4 Å². The number of carbonyl (C=O) groups is 1. The summed E-state index contributed by atoms with van der Waals surface area (Å²) in [5.74, 6) is -0.484. The fourth-order valence-electron chi connectivity index (χ4n) is 2.08. The van der Waals surface area contributed by atoms with E-state index in [0.29, 0.717) is 11.0 Å². The first-order valence-electron chi connectivity index (χ1n) is 6.27. The molecule has 3 aromatic heterocycles. The summed E-state index contributed by atoms with van der Waals surface area (Å²) in [7, 11) is 1.26. The number of aromatic nitrogens is 4. The highest BCUT2D eigenvalue weighted by Crippen LogP contribution is 2.13. The summed E-state index contributed by atoms with van der Waals surface area (Å²) in [6.45, 7) is 0. The molecule has 0 unspecified atom stereocenters. The second-order valence-electron chi connectivity index (χ2n) is 4.34. The Morgan fingerprint density at radius 3 is 2.77 bits per heavy atom. The zero-order chi connectivity index (χ0) is 15.7. The van der Waals surface area contributed by atoms with Gasteiger partial charge < -0.3 is 9.72 Å². The molecule has 0 fully saturated rings. The Hall–Kier alpha value is -2.87. The van der Waals surface area contributed by atoms with Gasteiger partial charge in [-0.05, 0) is 36.5 Å². The Morgan fingerprint density at radius 2 is 2.00 bits per heavy atom. The monoisotopic (exact) mass is 314 g/mol. The van der Waals surface area contributed by atoms with Gasteiger partial charge in [-0.1, -0.05) is 0 Å². The van der Waals surface area contributed by atoms with Crippen LogP contribution in [-0.4, -0.2) is 32.6 Å². The zero-order valence-corrected chi connectivity index (χ0v) is 12.3. The van der Waals surface area contributed by atoms with Gasteiger partial charge in [0.2, 0.25) is 0 Å². The molecular weight excluding hydrogens is 304 g/mol. The van der Waals surface area contributed by atoms with E-state index in [2.05, 4.69) is 15.0 Å². The van der Waals surface area contributed by atoms with Gasteiger partial charge in [-0.15, -0.1) is 0 Å². The molecule has 0 amide bonds. The molecule has 0 spiro atoms. The van der Waals surface area contributed by atoms with Gasteiger partial charge in [-0.2, -0.15) is 0 Å². The van der Waals surface area contributed by atoms with Crippen molar-refractivity contribution in [1.82, 2.24) is 19.5 Å². The molecule has 0 aliphatic carbocycles. The number of H-pyrrole nitrogens is 1. The van der Waals surface area contributed by atoms with Crippen molar-refractivity contribution < 1.29 is 9.53 Å². The maximum atomic E-state index is 12.7. The predicted octanol–water partition coefficient (Wildman–Crippen LogP) is 1.62. The molecule has 7 nitrogen and oxygen atoms in total. The zero-order valence-electron chi connectivity index (χ0n) is 11.4. The Kier molecular flexibility index (Phi) is 3.51. The Morgan fingerprint density at radius 1 is 1.27 bits per heavy atom. The van der Waals surface area contributed by atoms with E-state index in [1.54, 1.807) is 24.4 Å². The SMILES string of the molecule is COC(=O)c1cccnc1-n1c(=S)[nH]c2ncccc2c1=O. The summed E-state index contributed by atoms with van der Waals surface area (Å²) in [5.41, 5.74) is 0.120. The largest absolute Gasteiger partial charge is 0.465 e. The van der Waals surface area contributed by atoms with Crippen LogP contribution in [0, 0.1) is 4.77 Å². The summed E-state index contributed by atoms with van der Waals surface area (Å²) >= 11 is 5.21. The summed E-state index contributed by atoms with van der Waals surface area (Å²) in [6.07, 6.45) is 3.02. The molecule has 8 heteroatoms. The topological polar surface area (TPSA) is 89.9 Å². The molecule has 0 aliphatic rings. The van der Waals surface area contributed by atoms with E-state index in [4.69, 9.17) is 17.0 Å². The Bertz CT molecular complexity index is 993. The number of nitrogens with one attached hydrogen (secondary N) is 1. The first kappa shape index (κ1) is 14.1. The van der Waals surface area contributed by atoms with Crippen LogP contribution in [0.4, 0.5) is 0 Å². The van der Waals surface area contributed by atoms with Crippen molar-refractivity contribution in [2.75, 3.05) is 7.11 Å². The summed E-state index contributed by atoms with van der Waals surface area (Å²) in [4.78, 5) is 35.5. The molecule has 0 aliphatic heterocycles. The first-order chi connectivity index (χ1) is 10.6. The van der Waals surface area contributed by atoms with Gasteiger partial charge >= 0.3 is 5.97 Å². The van der Waals surface area contributed by atoms with E-state index in [-0.39, 0.29) is 16.2 Å². The van der Waals surface area contributed by atoms with Gasteiger partial charge in [0, 0.05) is 12.4 Å². The highest BCUT2D eigenvalue weighted by atomic mass is 32.1. The molecule has 110 valence electrons. The quantitative estimate of drug-likeness (QED) is 0.571. The van der Waals surface area contributed by atoms with Crippen LogP contribution >= 0.6 is 12.2 Å². The molecule has 3 aromatic rings. The third-order valence-electron chi connectivity index (χ3n) is 3.07. The minimum absolute atomic E-state index is 0.0973. The second kappa shape index (κ2) is 5.49. The number of hydrogen-bond acceptors (Lipinski definition) is 6. The molecule has 22 heavy (non-hydrogen) atoms. The molecule has 0 saturated carbocycles. The molecule has 0 aromatic carbocycles. The number of esters is 1. The lowest BCUT2D eigenvalue weighted by molar-refractivity contribution is 0.0600. The van der Waals surface area contributed by atoms with Crippen molar-refractivity contribution in [3.8, 4) is 5.82 Å². The smallest absolute Gasteiger partial charge is 0.341 e. The average molecular weight is 314 g/mol. The number of rotatable bonds is 2. The number of nitrogens with zero attached hydrogens (tertiary/aromatic N) is 3. The van der Waals surface area contributed by atoms with Crippen molar-refractivity contribution in [3.05, 3.63) is 57.3 Å². The highest BCUT2D eigenvalue weighted by Gasteiger charge is 2.17. The number of fused-ring (bicyclic) bond motifs is 1. The van der Waals surface area contributed by atoms with Crippen LogP contribution in [-0.2, 0) is 4.74 Å². The summed E-state index contributed by atoms with van der Waals surface area (Å²) < 4.78 is 5.97.